The summed E-state index contributed by atoms with van der Waals surface area (Å²) >= 11 is 1.59. The van der Waals surface area contributed by atoms with Gasteiger partial charge in [0, 0.05) is 4.88 Å². The zero-order valence-corrected chi connectivity index (χ0v) is 14.4. The molecule has 0 saturated carbocycles. The quantitative estimate of drug-likeness (QED) is 0.783. The summed E-state index contributed by atoms with van der Waals surface area (Å²) in [5.41, 5.74) is 2.01. The van der Waals surface area contributed by atoms with Gasteiger partial charge in [0.15, 0.2) is 0 Å². The summed E-state index contributed by atoms with van der Waals surface area (Å²) in [6.45, 7) is 5.62. The molecule has 1 N–H and O–H groups in total. The molecule has 3 rings (SSSR count). The van der Waals surface area contributed by atoms with Gasteiger partial charge in [-0.2, -0.15) is 5.26 Å². The van der Waals surface area contributed by atoms with Gasteiger partial charge < -0.3 is 9.84 Å². The van der Waals surface area contributed by atoms with E-state index in [4.69, 9.17) is 9.78 Å². The van der Waals surface area contributed by atoms with E-state index in [2.05, 4.69) is 21.5 Å². The van der Waals surface area contributed by atoms with Crippen molar-refractivity contribution in [3.05, 3.63) is 34.3 Å². The van der Waals surface area contributed by atoms with Crippen molar-refractivity contribution in [1.29, 1.82) is 5.26 Å². The molecule has 1 atom stereocenters. The predicted molar refractivity (Wildman–Crippen MR) is 91.7 cm³/mol. The lowest BCUT2D eigenvalue weighted by Gasteiger charge is -2.10. The second-order valence-corrected chi connectivity index (χ2v) is 6.76. The Hall–Kier alpha value is -2.72. The maximum Gasteiger partial charge on any atom is 0.259 e. The molecule has 0 aromatic carbocycles. The highest BCUT2D eigenvalue weighted by Gasteiger charge is 2.21. The Balaban J connectivity index is 2.12. The average Bonchev–Trinajstić information content (AvgIpc) is 3.18. The molecule has 0 aliphatic rings. The topological polar surface area (TPSA) is 91.8 Å². The monoisotopic (exact) mass is 340 g/mol. The van der Waals surface area contributed by atoms with Gasteiger partial charge >= 0.3 is 0 Å². The van der Waals surface area contributed by atoms with Crippen LogP contribution in [-0.2, 0) is 0 Å². The van der Waals surface area contributed by atoms with Gasteiger partial charge in [0.1, 0.15) is 6.04 Å². The van der Waals surface area contributed by atoms with E-state index in [1.54, 1.807) is 24.3 Å². The van der Waals surface area contributed by atoms with Gasteiger partial charge in [0.05, 0.1) is 33.3 Å². The van der Waals surface area contributed by atoms with Crippen LogP contribution in [0, 0.1) is 25.2 Å². The Morgan fingerprint density at radius 1 is 1.46 bits per heavy atom. The lowest BCUT2D eigenvalue weighted by atomic mass is 10.1. The lowest BCUT2D eigenvalue weighted by molar-refractivity contribution is 0.0946. The molecule has 0 fully saturated rings. The Labute approximate surface area is 143 Å². The number of fused-ring (bicyclic) bond motifs is 1. The number of nitriles is 1. The van der Waals surface area contributed by atoms with Crippen LogP contribution in [0.15, 0.2) is 22.7 Å². The van der Waals surface area contributed by atoms with Gasteiger partial charge in [-0.05, 0) is 38.5 Å². The van der Waals surface area contributed by atoms with Crippen LogP contribution >= 0.6 is 11.3 Å². The fourth-order valence-electron chi connectivity index (χ4n) is 2.43. The SMILES string of the molecule is CC[C@H](C#N)NC(=O)c1cc(-c2ccc(C)s2)nc2onc(C)c12. The van der Waals surface area contributed by atoms with Crippen LogP contribution in [0.1, 0.15) is 34.3 Å². The summed E-state index contributed by atoms with van der Waals surface area (Å²) < 4.78 is 5.26. The van der Waals surface area contributed by atoms with Gasteiger partial charge in [0.2, 0.25) is 0 Å². The van der Waals surface area contributed by atoms with E-state index in [0.29, 0.717) is 34.5 Å². The molecule has 0 spiro atoms. The number of aryl methyl sites for hydroxylation is 2. The molecule has 0 unspecified atom stereocenters. The number of hydrogen-bond acceptors (Lipinski definition) is 6. The molecule has 0 bridgehead atoms. The molecule has 0 saturated heterocycles. The number of carbonyl (C=O) groups excluding carboxylic acids is 1. The van der Waals surface area contributed by atoms with Crippen LogP contribution in [0.25, 0.3) is 21.7 Å². The van der Waals surface area contributed by atoms with Gasteiger partial charge in [-0.25, -0.2) is 4.98 Å². The maximum atomic E-state index is 12.7. The molecule has 3 aromatic heterocycles. The van der Waals surface area contributed by atoms with E-state index in [9.17, 15) is 4.79 Å². The first-order valence-corrected chi connectivity index (χ1v) is 8.39. The number of pyridine rings is 1. The minimum absolute atomic E-state index is 0.323. The minimum Gasteiger partial charge on any atom is -0.336 e. The molecular formula is C17H16N4O2S. The van der Waals surface area contributed by atoms with E-state index in [1.165, 1.54) is 0 Å². The molecule has 3 aromatic rings. The highest BCUT2D eigenvalue weighted by Crippen LogP contribution is 2.31. The first-order valence-electron chi connectivity index (χ1n) is 7.57. The summed E-state index contributed by atoms with van der Waals surface area (Å²) in [7, 11) is 0. The van der Waals surface area contributed by atoms with Gasteiger partial charge in [0.25, 0.3) is 11.6 Å². The van der Waals surface area contributed by atoms with E-state index in [0.717, 1.165) is 9.75 Å². The Bertz CT molecular complexity index is 951. The second kappa shape index (κ2) is 6.42. The van der Waals surface area contributed by atoms with Gasteiger partial charge in [-0.1, -0.05) is 12.1 Å². The number of hydrogen-bond donors (Lipinski definition) is 1. The molecule has 6 nitrogen and oxygen atoms in total. The number of carbonyl (C=O) groups is 1. The minimum atomic E-state index is -0.534. The third-order valence-electron chi connectivity index (χ3n) is 3.72. The van der Waals surface area contributed by atoms with E-state index in [1.807, 2.05) is 26.0 Å². The molecule has 3 heterocycles. The lowest BCUT2D eigenvalue weighted by Crippen LogP contribution is -2.33. The summed E-state index contributed by atoms with van der Waals surface area (Å²) in [5, 5.41) is 16.3. The van der Waals surface area contributed by atoms with Gasteiger partial charge in [-0.15, -0.1) is 11.3 Å². The number of thiophene rings is 1. The Morgan fingerprint density at radius 2 is 2.25 bits per heavy atom. The Morgan fingerprint density at radius 3 is 2.88 bits per heavy atom. The molecule has 0 aliphatic heterocycles. The number of rotatable bonds is 4. The van der Waals surface area contributed by atoms with E-state index < -0.39 is 6.04 Å². The van der Waals surface area contributed by atoms with Gasteiger partial charge in [-0.3, -0.25) is 4.79 Å². The molecule has 0 radical (unpaired) electrons. The van der Waals surface area contributed by atoms with Crippen molar-refractivity contribution in [2.24, 2.45) is 0 Å². The third-order valence-corrected chi connectivity index (χ3v) is 4.75. The fraction of sp³-hybridized carbons (Fsp3) is 0.294. The van der Waals surface area contributed by atoms with Crippen molar-refractivity contribution < 1.29 is 9.32 Å². The first-order chi connectivity index (χ1) is 11.5. The highest BCUT2D eigenvalue weighted by molar-refractivity contribution is 7.15. The molecule has 24 heavy (non-hydrogen) atoms. The van der Waals surface area contributed by atoms with Crippen molar-refractivity contribution in [2.75, 3.05) is 0 Å². The van der Waals surface area contributed by atoms with Crippen LogP contribution < -0.4 is 5.32 Å². The smallest absolute Gasteiger partial charge is 0.259 e. The zero-order valence-electron chi connectivity index (χ0n) is 13.6. The molecular weight excluding hydrogens is 324 g/mol. The number of nitrogens with zero attached hydrogens (tertiary/aromatic N) is 3. The number of amides is 1. The van der Waals surface area contributed by atoms with Crippen molar-refractivity contribution in [3.63, 3.8) is 0 Å². The summed E-state index contributed by atoms with van der Waals surface area (Å²) in [6, 6.07) is 7.23. The van der Waals surface area contributed by atoms with Crippen LogP contribution in [0.2, 0.25) is 0 Å². The predicted octanol–water partition coefficient (Wildman–Crippen LogP) is 3.60. The largest absolute Gasteiger partial charge is 0.336 e. The molecule has 1 amide bonds. The van der Waals surface area contributed by atoms with Crippen LogP contribution in [-0.4, -0.2) is 22.1 Å². The summed E-state index contributed by atoms with van der Waals surface area (Å²) in [5.74, 6) is -0.323. The molecule has 122 valence electrons. The van der Waals surface area contributed by atoms with Crippen molar-refractivity contribution >= 4 is 28.3 Å². The standard InChI is InChI=1S/C17H16N4O2S/c1-4-11(8-18)19-16(22)12-7-13(14-6-5-9(2)24-14)20-17-15(12)10(3)21-23-17/h5-7,11H,4H2,1-3H3,(H,19,22)/t11-/m1/s1. The summed E-state index contributed by atoms with van der Waals surface area (Å²) in [6.07, 6.45) is 0.538. The summed E-state index contributed by atoms with van der Waals surface area (Å²) in [4.78, 5) is 19.3. The van der Waals surface area contributed by atoms with Crippen molar-refractivity contribution in [2.45, 2.75) is 33.2 Å². The zero-order chi connectivity index (χ0) is 17.3. The second-order valence-electron chi connectivity index (χ2n) is 5.48. The van der Waals surface area contributed by atoms with Crippen LogP contribution in [0.5, 0.6) is 0 Å². The average molecular weight is 340 g/mol. The maximum absolute atomic E-state index is 12.7. The highest BCUT2D eigenvalue weighted by atomic mass is 32.1. The fourth-order valence-corrected chi connectivity index (χ4v) is 3.26. The number of nitrogens with one attached hydrogen (secondary N) is 1. The van der Waals surface area contributed by atoms with Crippen LogP contribution in [0.3, 0.4) is 0 Å². The number of aromatic nitrogens is 2. The van der Waals surface area contributed by atoms with Crippen LogP contribution in [0.4, 0.5) is 0 Å². The Kier molecular flexibility index (Phi) is 4.32. The first kappa shape index (κ1) is 16.1. The molecule has 0 aliphatic carbocycles. The normalized spacial score (nSPS) is 12.1. The van der Waals surface area contributed by atoms with Crippen molar-refractivity contribution in [3.8, 4) is 16.6 Å². The molecule has 7 heteroatoms. The van der Waals surface area contributed by atoms with E-state index >= 15 is 0 Å². The third kappa shape index (κ3) is 2.88. The van der Waals surface area contributed by atoms with Crippen molar-refractivity contribution in [1.82, 2.24) is 15.5 Å². The van der Waals surface area contributed by atoms with E-state index in [-0.39, 0.29) is 5.91 Å².